The van der Waals surface area contributed by atoms with Gasteiger partial charge >= 0.3 is 0 Å². The number of hydrogen-bond acceptors (Lipinski definition) is 4. The summed E-state index contributed by atoms with van der Waals surface area (Å²) >= 11 is 4.54. The monoisotopic (exact) mass is 247 g/mol. The molecule has 0 aliphatic heterocycles. The van der Waals surface area contributed by atoms with E-state index in [1.54, 1.807) is 14.2 Å². The summed E-state index contributed by atoms with van der Waals surface area (Å²) in [5, 5.41) is 0.614. The normalized spacial score (nSPS) is 26.2. The Morgan fingerprint density at radius 2 is 1.50 bits per heavy atom. The smallest absolute Gasteiger partial charge is 0.0589 e. The molecule has 1 fully saturated rings. The van der Waals surface area contributed by atoms with Crippen molar-refractivity contribution in [3.63, 3.8) is 0 Å². The molecule has 1 rings (SSSR count). The van der Waals surface area contributed by atoms with E-state index in [2.05, 4.69) is 17.5 Å². The maximum Gasteiger partial charge on any atom is 0.0589 e. The molecule has 0 bridgehead atoms. The molecule has 16 heavy (non-hydrogen) atoms. The Labute approximate surface area is 105 Å². The lowest BCUT2D eigenvalue weighted by Crippen LogP contribution is -2.42. The first-order chi connectivity index (χ1) is 7.77. The molecule has 1 aliphatic carbocycles. The Bertz CT molecular complexity index is 164. The van der Waals surface area contributed by atoms with Gasteiger partial charge < -0.3 is 9.47 Å². The molecule has 0 atom stereocenters. The van der Waals surface area contributed by atoms with Crippen molar-refractivity contribution in [3.8, 4) is 0 Å². The van der Waals surface area contributed by atoms with Crippen LogP contribution in [-0.4, -0.2) is 56.7 Å². The topological polar surface area (TPSA) is 21.7 Å². The minimum Gasteiger partial charge on any atom is -0.383 e. The van der Waals surface area contributed by atoms with Crippen LogP contribution in [0.15, 0.2) is 0 Å². The lowest BCUT2D eigenvalue weighted by molar-refractivity contribution is 0.0746. The van der Waals surface area contributed by atoms with Gasteiger partial charge in [-0.2, -0.15) is 12.6 Å². The number of methoxy groups -OCH3 is 2. The SMILES string of the molecule is COCCN(CCOC)[C@H]1CC[C@H](S)CC1. The molecule has 0 saturated heterocycles. The minimum absolute atomic E-state index is 0.614. The molecule has 1 saturated carbocycles. The van der Waals surface area contributed by atoms with Gasteiger partial charge in [-0.3, -0.25) is 4.90 Å². The second-order valence-electron chi connectivity index (χ2n) is 4.48. The zero-order chi connectivity index (χ0) is 11.8. The van der Waals surface area contributed by atoms with Crippen LogP contribution in [0.4, 0.5) is 0 Å². The van der Waals surface area contributed by atoms with Crippen molar-refractivity contribution < 1.29 is 9.47 Å². The number of nitrogens with zero attached hydrogens (tertiary/aromatic N) is 1. The summed E-state index contributed by atoms with van der Waals surface area (Å²) < 4.78 is 10.3. The number of hydrogen-bond donors (Lipinski definition) is 1. The van der Waals surface area contributed by atoms with Crippen LogP contribution in [0, 0.1) is 0 Å². The largest absolute Gasteiger partial charge is 0.383 e. The highest BCUT2D eigenvalue weighted by atomic mass is 32.1. The molecule has 0 radical (unpaired) electrons. The first kappa shape index (κ1) is 14.3. The number of ether oxygens (including phenoxy) is 2. The predicted octanol–water partition coefficient (Wildman–Crippen LogP) is 1.82. The summed E-state index contributed by atoms with van der Waals surface area (Å²) in [4.78, 5) is 2.51. The van der Waals surface area contributed by atoms with Gasteiger partial charge in [0.2, 0.25) is 0 Å². The highest BCUT2D eigenvalue weighted by Crippen LogP contribution is 2.25. The maximum absolute atomic E-state index is 5.17. The fourth-order valence-corrected chi connectivity index (χ4v) is 2.62. The van der Waals surface area contributed by atoms with E-state index in [1.807, 2.05) is 0 Å². The van der Waals surface area contributed by atoms with E-state index in [9.17, 15) is 0 Å². The van der Waals surface area contributed by atoms with E-state index < -0.39 is 0 Å². The Morgan fingerprint density at radius 3 is 1.94 bits per heavy atom. The second kappa shape index (κ2) is 8.34. The number of thiol groups is 1. The summed E-state index contributed by atoms with van der Waals surface area (Å²) in [6.07, 6.45) is 5.01. The summed E-state index contributed by atoms with van der Waals surface area (Å²) in [5.41, 5.74) is 0. The molecule has 0 amide bonds. The summed E-state index contributed by atoms with van der Waals surface area (Å²) in [7, 11) is 3.53. The zero-order valence-electron chi connectivity index (χ0n) is 10.5. The molecule has 0 heterocycles. The standard InChI is InChI=1S/C12H25NO2S/c1-14-9-7-13(8-10-15-2)11-3-5-12(16)6-4-11/h11-12,16H,3-10H2,1-2H3/t11-,12-. The van der Waals surface area contributed by atoms with Crippen molar-refractivity contribution >= 4 is 12.6 Å². The minimum atomic E-state index is 0.614. The third-order valence-electron chi connectivity index (χ3n) is 3.35. The third kappa shape index (κ3) is 5.04. The van der Waals surface area contributed by atoms with Crippen molar-refractivity contribution in [2.45, 2.75) is 37.0 Å². The molecule has 3 nitrogen and oxygen atoms in total. The van der Waals surface area contributed by atoms with Gasteiger partial charge in [0.1, 0.15) is 0 Å². The molecule has 0 aromatic heterocycles. The third-order valence-corrected chi connectivity index (χ3v) is 3.86. The fourth-order valence-electron chi connectivity index (χ4n) is 2.32. The van der Waals surface area contributed by atoms with Gasteiger partial charge in [-0.25, -0.2) is 0 Å². The van der Waals surface area contributed by atoms with Gasteiger partial charge in [0.05, 0.1) is 13.2 Å². The summed E-state index contributed by atoms with van der Waals surface area (Å²) in [5.74, 6) is 0. The first-order valence-electron chi connectivity index (χ1n) is 6.18. The summed E-state index contributed by atoms with van der Waals surface area (Å²) in [6.45, 7) is 3.65. The van der Waals surface area contributed by atoms with Gasteiger partial charge in [0.25, 0.3) is 0 Å². The maximum atomic E-state index is 5.17. The highest BCUT2D eigenvalue weighted by molar-refractivity contribution is 7.80. The molecular weight excluding hydrogens is 222 g/mol. The fraction of sp³-hybridized carbons (Fsp3) is 1.00. The molecular formula is C12H25NO2S. The van der Waals surface area contributed by atoms with E-state index >= 15 is 0 Å². The van der Waals surface area contributed by atoms with Crippen LogP contribution in [-0.2, 0) is 9.47 Å². The molecule has 0 aromatic rings. The average Bonchev–Trinajstić information content (AvgIpc) is 2.31. The van der Waals surface area contributed by atoms with Crippen LogP contribution in [0.2, 0.25) is 0 Å². The van der Waals surface area contributed by atoms with E-state index in [1.165, 1.54) is 25.7 Å². The van der Waals surface area contributed by atoms with Gasteiger partial charge in [-0.05, 0) is 25.7 Å². The predicted molar refractivity (Wildman–Crippen MR) is 70.4 cm³/mol. The molecule has 0 spiro atoms. The van der Waals surface area contributed by atoms with Crippen LogP contribution in [0.5, 0.6) is 0 Å². The van der Waals surface area contributed by atoms with Gasteiger partial charge in [-0.15, -0.1) is 0 Å². The number of rotatable bonds is 7. The van der Waals surface area contributed by atoms with Gasteiger partial charge in [-0.1, -0.05) is 0 Å². The quantitative estimate of drug-likeness (QED) is 0.694. The van der Waals surface area contributed by atoms with Crippen molar-refractivity contribution in [1.82, 2.24) is 4.90 Å². The Kier molecular flexibility index (Phi) is 7.45. The van der Waals surface area contributed by atoms with Gasteiger partial charge in [0, 0.05) is 38.6 Å². The molecule has 1 aliphatic rings. The Hall–Kier alpha value is 0.230. The Morgan fingerprint density at radius 1 is 1.00 bits per heavy atom. The van der Waals surface area contributed by atoms with Gasteiger partial charge in [0.15, 0.2) is 0 Å². The molecule has 0 aromatic carbocycles. The highest BCUT2D eigenvalue weighted by Gasteiger charge is 2.23. The van der Waals surface area contributed by atoms with Crippen LogP contribution in [0.3, 0.4) is 0 Å². The average molecular weight is 247 g/mol. The van der Waals surface area contributed by atoms with Crippen LogP contribution in [0.1, 0.15) is 25.7 Å². The second-order valence-corrected chi connectivity index (χ2v) is 5.21. The van der Waals surface area contributed by atoms with E-state index in [0.29, 0.717) is 11.3 Å². The molecule has 0 unspecified atom stereocenters. The molecule has 0 N–H and O–H groups in total. The first-order valence-corrected chi connectivity index (χ1v) is 6.69. The van der Waals surface area contributed by atoms with E-state index in [-0.39, 0.29) is 0 Å². The van der Waals surface area contributed by atoms with Crippen molar-refractivity contribution in [2.75, 3.05) is 40.5 Å². The van der Waals surface area contributed by atoms with Crippen LogP contribution >= 0.6 is 12.6 Å². The Balaban J connectivity index is 2.34. The van der Waals surface area contributed by atoms with E-state index in [0.717, 1.165) is 26.3 Å². The van der Waals surface area contributed by atoms with E-state index in [4.69, 9.17) is 9.47 Å². The van der Waals surface area contributed by atoms with Crippen molar-refractivity contribution in [2.24, 2.45) is 0 Å². The van der Waals surface area contributed by atoms with Crippen LogP contribution in [0.25, 0.3) is 0 Å². The van der Waals surface area contributed by atoms with Crippen molar-refractivity contribution in [3.05, 3.63) is 0 Å². The lowest BCUT2D eigenvalue weighted by atomic mass is 9.93. The lowest BCUT2D eigenvalue weighted by Gasteiger charge is -2.35. The molecule has 4 heteroatoms. The van der Waals surface area contributed by atoms with Crippen molar-refractivity contribution in [1.29, 1.82) is 0 Å². The zero-order valence-corrected chi connectivity index (χ0v) is 11.4. The van der Waals surface area contributed by atoms with Crippen LogP contribution < -0.4 is 0 Å². The molecule has 96 valence electrons. The summed E-state index contributed by atoms with van der Waals surface area (Å²) in [6, 6.07) is 0.702.